The molecule has 0 spiro atoms. The SMILES string of the molecule is NCCC1(C2CC2)CCN(Cc2ccccc2)CC1. The van der Waals surface area contributed by atoms with Gasteiger partial charge in [-0.05, 0) is 68.6 Å². The number of likely N-dealkylation sites (tertiary alicyclic amines) is 1. The van der Waals surface area contributed by atoms with E-state index in [1.54, 1.807) is 0 Å². The summed E-state index contributed by atoms with van der Waals surface area (Å²) in [5, 5.41) is 0. The van der Waals surface area contributed by atoms with Crippen LogP contribution in [0.1, 0.15) is 37.7 Å². The van der Waals surface area contributed by atoms with Crippen molar-refractivity contribution < 1.29 is 0 Å². The second kappa shape index (κ2) is 5.64. The van der Waals surface area contributed by atoms with Gasteiger partial charge in [0.1, 0.15) is 0 Å². The Labute approximate surface area is 117 Å². The first kappa shape index (κ1) is 13.1. The van der Waals surface area contributed by atoms with Crippen molar-refractivity contribution in [3.8, 4) is 0 Å². The third kappa shape index (κ3) is 3.01. The molecule has 3 rings (SSSR count). The highest BCUT2D eigenvalue weighted by Gasteiger charge is 2.45. The summed E-state index contributed by atoms with van der Waals surface area (Å²) in [5.74, 6) is 0.995. The van der Waals surface area contributed by atoms with E-state index in [0.717, 1.165) is 19.0 Å². The zero-order valence-corrected chi connectivity index (χ0v) is 11.9. The van der Waals surface area contributed by atoms with Gasteiger partial charge in [-0.25, -0.2) is 0 Å². The topological polar surface area (TPSA) is 29.3 Å². The number of nitrogens with zero attached hydrogens (tertiary/aromatic N) is 1. The molecule has 2 nitrogen and oxygen atoms in total. The van der Waals surface area contributed by atoms with Gasteiger partial charge in [0.05, 0.1) is 0 Å². The molecule has 104 valence electrons. The van der Waals surface area contributed by atoms with Crippen LogP contribution < -0.4 is 5.73 Å². The summed E-state index contributed by atoms with van der Waals surface area (Å²) in [6.07, 6.45) is 6.89. The summed E-state index contributed by atoms with van der Waals surface area (Å²) in [6.45, 7) is 4.50. The average Bonchev–Trinajstić information content (AvgIpc) is 3.28. The number of hydrogen-bond acceptors (Lipinski definition) is 2. The second-order valence-electron chi connectivity index (χ2n) is 6.44. The van der Waals surface area contributed by atoms with E-state index in [0.29, 0.717) is 5.41 Å². The molecule has 2 fully saturated rings. The van der Waals surface area contributed by atoms with Crippen LogP contribution in [0.25, 0.3) is 0 Å². The quantitative estimate of drug-likeness (QED) is 0.879. The van der Waals surface area contributed by atoms with Crippen molar-refractivity contribution in [2.75, 3.05) is 19.6 Å². The molecule has 0 bridgehead atoms. The Bertz CT molecular complexity index is 389. The van der Waals surface area contributed by atoms with Crippen LogP contribution in [0.3, 0.4) is 0 Å². The summed E-state index contributed by atoms with van der Waals surface area (Å²) < 4.78 is 0. The largest absolute Gasteiger partial charge is 0.330 e. The molecule has 1 heterocycles. The first-order valence-electron chi connectivity index (χ1n) is 7.79. The molecule has 1 saturated carbocycles. The third-order valence-electron chi connectivity index (χ3n) is 5.19. The molecule has 1 saturated heterocycles. The van der Waals surface area contributed by atoms with Crippen molar-refractivity contribution in [3.05, 3.63) is 35.9 Å². The highest BCUT2D eigenvalue weighted by molar-refractivity contribution is 5.14. The van der Waals surface area contributed by atoms with Gasteiger partial charge >= 0.3 is 0 Å². The summed E-state index contributed by atoms with van der Waals surface area (Å²) in [7, 11) is 0. The van der Waals surface area contributed by atoms with Gasteiger partial charge in [0.2, 0.25) is 0 Å². The number of rotatable bonds is 5. The van der Waals surface area contributed by atoms with Crippen LogP contribution >= 0.6 is 0 Å². The maximum Gasteiger partial charge on any atom is 0.0233 e. The maximum atomic E-state index is 5.85. The van der Waals surface area contributed by atoms with Gasteiger partial charge in [-0.2, -0.15) is 0 Å². The molecule has 19 heavy (non-hydrogen) atoms. The van der Waals surface area contributed by atoms with Crippen LogP contribution in [-0.4, -0.2) is 24.5 Å². The van der Waals surface area contributed by atoms with E-state index in [9.17, 15) is 0 Å². The zero-order valence-electron chi connectivity index (χ0n) is 11.9. The Morgan fingerprint density at radius 3 is 2.37 bits per heavy atom. The fourth-order valence-electron chi connectivity index (χ4n) is 3.84. The Hall–Kier alpha value is -0.860. The van der Waals surface area contributed by atoms with Crippen LogP contribution in [0.2, 0.25) is 0 Å². The molecule has 0 atom stereocenters. The smallest absolute Gasteiger partial charge is 0.0233 e. The second-order valence-corrected chi connectivity index (χ2v) is 6.44. The Kier molecular flexibility index (Phi) is 3.90. The minimum absolute atomic E-state index is 0.599. The molecule has 2 aliphatic rings. The predicted molar refractivity (Wildman–Crippen MR) is 79.8 cm³/mol. The molecule has 0 radical (unpaired) electrons. The number of hydrogen-bond donors (Lipinski definition) is 1. The normalized spacial score (nSPS) is 23.4. The lowest BCUT2D eigenvalue weighted by Gasteiger charge is -2.42. The maximum absolute atomic E-state index is 5.85. The molecule has 1 aliphatic heterocycles. The number of nitrogens with two attached hydrogens (primary N) is 1. The molecule has 1 aromatic carbocycles. The summed E-state index contributed by atoms with van der Waals surface area (Å²) in [4.78, 5) is 2.62. The fraction of sp³-hybridized carbons (Fsp3) is 0.647. The molecule has 0 amide bonds. The highest BCUT2D eigenvalue weighted by atomic mass is 15.1. The van der Waals surface area contributed by atoms with Crippen molar-refractivity contribution in [1.82, 2.24) is 4.90 Å². The number of benzene rings is 1. The molecule has 2 heteroatoms. The molecular weight excluding hydrogens is 232 g/mol. The first-order valence-corrected chi connectivity index (χ1v) is 7.79. The summed E-state index contributed by atoms with van der Waals surface area (Å²) in [5.41, 5.74) is 7.90. The van der Waals surface area contributed by atoms with Crippen LogP contribution in [0.5, 0.6) is 0 Å². The fourth-order valence-corrected chi connectivity index (χ4v) is 3.84. The van der Waals surface area contributed by atoms with E-state index in [4.69, 9.17) is 5.73 Å². The van der Waals surface area contributed by atoms with Gasteiger partial charge in [-0.1, -0.05) is 30.3 Å². The van der Waals surface area contributed by atoms with Gasteiger partial charge in [0, 0.05) is 6.54 Å². The number of piperidine rings is 1. The van der Waals surface area contributed by atoms with E-state index in [1.165, 1.54) is 50.8 Å². The first-order chi connectivity index (χ1) is 9.32. The van der Waals surface area contributed by atoms with Gasteiger partial charge in [-0.3, -0.25) is 4.90 Å². The summed E-state index contributed by atoms with van der Waals surface area (Å²) in [6, 6.07) is 10.9. The zero-order chi connectivity index (χ0) is 13.1. The molecule has 0 unspecified atom stereocenters. The van der Waals surface area contributed by atoms with E-state index in [2.05, 4.69) is 35.2 Å². The van der Waals surface area contributed by atoms with Crippen molar-refractivity contribution >= 4 is 0 Å². The average molecular weight is 258 g/mol. The summed E-state index contributed by atoms with van der Waals surface area (Å²) >= 11 is 0. The standard InChI is InChI=1S/C17H26N2/c18-11-8-17(16-6-7-16)9-12-19(13-10-17)14-15-4-2-1-3-5-15/h1-5,16H,6-14,18H2. The molecular formula is C17H26N2. The van der Waals surface area contributed by atoms with Gasteiger partial charge in [0.25, 0.3) is 0 Å². The predicted octanol–water partition coefficient (Wildman–Crippen LogP) is 3.03. The van der Waals surface area contributed by atoms with Crippen LogP contribution in [0.4, 0.5) is 0 Å². The van der Waals surface area contributed by atoms with E-state index in [1.807, 2.05) is 0 Å². The molecule has 2 N–H and O–H groups in total. The monoisotopic (exact) mass is 258 g/mol. The van der Waals surface area contributed by atoms with Gasteiger partial charge in [0.15, 0.2) is 0 Å². The van der Waals surface area contributed by atoms with Crippen LogP contribution in [-0.2, 0) is 6.54 Å². The molecule has 1 aliphatic carbocycles. The van der Waals surface area contributed by atoms with Crippen molar-refractivity contribution in [2.24, 2.45) is 17.1 Å². The lowest BCUT2D eigenvalue weighted by molar-refractivity contribution is 0.0729. The highest BCUT2D eigenvalue weighted by Crippen LogP contribution is 2.53. The minimum atomic E-state index is 0.599. The van der Waals surface area contributed by atoms with Crippen molar-refractivity contribution in [3.63, 3.8) is 0 Å². The Morgan fingerprint density at radius 1 is 1.11 bits per heavy atom. The lowest BCUT2D eigenvalue weighted by atomic mass is 9.71. The molecule has 0 aromatic heterocycles. The Morgan fingerprint density at radius 2 is 1.79 bits per heavy atom. The van der Waals surface area contributed by atoms with E-state index < -0.39 is 0 Å². The van der Waals surface area contributed by atoms with Crippen LogP contribution in [0, 0.1) is 11.3 Å². The minimum Gasteiger partial charge on any atom is -0.330 e. The molecule has 1 aromatic rings. The van der Waals surface area contributed by atoms with Crippen molar-refractivity contribution in [2.45, 2.75) is 38.6 Å². The van der Waals surface area contributed by atoms with Crippen LogP contribution in [0.15, 0.2) is 30.3 Å². The Balaban J connectivity index is 1.56. The lowest BCUT2D eigenvalue weighted by Crippen LogP contribution is -2.41. The van der Waals surface area contributed by atoms with E-state index >= 15 is 0 Å². The third-order valence-corrected chi connectivity index (χ3v) is 5.19. The van der Waals surface area contributed by atoms with Gasteiger partial charge < -0.3 is 5.73 Å². The van der Waals surface area contributed by atoms with Gasteiger partial charge in [-0.15, -0.1) is 0 Å². The van der Waals surface area contributed by atoms with E-state index in [-0.39, 0.29) is 0 Å². The van der Waals surface area contributed by atoms with Crippen molar-refractivity contribution in [1.29, 1.82) is 0 Å².